The van der Waals surface area contributed by atoms with E-state index in [-0.39, 0.29) is 17.5 Å². The zero-order valence-corrected chi connectivity index (χ0v) is 17.6. The lowest BCUT2D eigenvalue weighted by atomic mass is 10.0. The molecule has 1 aliphatic heterocycles. The number of H-pyrrole nitrogens is 1. The Balaban J connectivity index is 1.58. The van der Waals surface area contributed by atoms with Crippen LogP contribution >= 0.6 is 0 Å². The molecule has 1 atom stereocenters. The van der Waals surface area contributed by atoms with Crippen molar-refractivity contribution in [3.05, 3.63) is 64.6 Å². The molecule has 0 unspecified atom stereocenters. The van der Waals surface area contributed by atoms with Crippen LogP contribution in [0.15, 0.2) is 47.3 Å². The van der Waals surface area contributed by atoms with Crippen LogP contribution in [-0.2, 0) is 11.2 Å². The Kier molecular flexibility index (Phi) is 5.88. The van der Waals surface area contributed by atoms with Gasteiger partial charge in [-0.2, -0.15) is 5.10 Å². The zero-order chi connectivity index (χ0) is 22.0. The normalized spacial score (nSPS) is 16.0. The summed E-state index contributed by atoms with van der Waals surface area (Å²) in [6.07, 6.45) is 1.81. The molecule has 7 nitrogen and oxygen atoms in total. The summed E-state index contributed by atoms with van der Waals surface area (Å²) in [6, 6.07) is 12.1. The fraction of sp³-hybridized carbons (Fsp3) is 0.348. The summed E-state index contributed by atoms with van der Waals surface area (Å²) in [5, 5.41) is 6.57. The number of hydrogen-bond donors (Lipinski definition) is 1. The SMILES string of the molecule is CCC(=O)N1CC[C@@H](Cc2n[nH]c(=O)n2-c2ccc(-c3ccc(OC)cc3)cc2F)C1. The quantitative estimate of drug-likeness (QED) is 0.659. The van der Waals surface area contributed by atoms with Gasteiger partial charge in [-0.1, -0.05) is 25.1 Å². The lowest BCUT2D eigenvalue weighted by molar-refractivity contribution is -0.129. The number of ether oxygens (including phenoxy) is 1. The minimum Gasteiger partial charge on any atom is -0.497 e. The average Bonchev–Trinajstić information content (AvgIpc) is 3.40. The van der Waals surface area contributed by atoms with Gasteiger partial charge in [-0.05, 0) is 47.7 Å². The molecule has 0 saturated carbocycles. The molecule has 0 radical (unpaired) electrons. The van der Waals surface area contributed by atoms with Gasteiger partial charge >= 0.3 is 5.69 Å². The highest BCUT2D eigenvalue weighted by Gasteiger charge is 2.27. The van der Waals surface area contributed by atoms with Crippen LogP contribution < -0.4 is 10.4 Å². The first-order valence-electron chi connectivity index (χ1n) is 10.4. The molecule has 0 bridgehead atoms. The van der Waals surface area contributed by atoms with Gasteiger partial charge in [0, 0.05) is 25.9 Å². The van der Waals surface area contributed by atoms with Gasteiger partial charge in [0.15, 0.2) is 0 Å². The largest absolute Gasteiger partial charge is 0.497 e. The number of nitrogens with zero attached hydrogens (tertiary/aromatic N) is 3. The summed E-state index contributed by atoms with van der Waals surface area (Å²) in [7, 11) is 1.59. The smallest absolute Gasteiger partial charge is 0.348 e. The standard InChI is InChI=1S/C23H25FN4O3/c1-3-22(29)27-11-10-15(14-27)12-21-25-26-23(30)28(21)20-9-6-17(13-19(20)24)16-4-7-18(31-2)8-5-16/h4-9,13,15H,3,10-12,14H2,1-2H3,(H,26,30)/t15-/m0/s1. The predicted octanol–water partition coefficient (Wildman–Crippen LogP) is 3.18. The van der Waals surface area contributed by atoms with Gasteiger partial charge in [-0.25, -0.2) is 18.9 Å². The van der Waals surface area contributed by atoms with Crippen molar-refractivity contribution in [2.45, 2.75) is 26.2 Å². The van der Waals surface area contributed by atoms with E-state index >= 15 is 4.39 Å². The number of aromatic amines is 1. The van der Waals surface area contributed by atoms with Crippen molar-refractivity contribution in [1.29, 1.82) is 0 Å². The van der Waals surface area contributed by atoms with Crippen molar-refractivity contribution in [2.24, 2.45) is 5.92 Å². The minimum atomic E-state index is -0.507. The number of likely N-dealkylation sites (tertiary alicyclic amines) is 1. The number of aromatic nitrogens is 3. The number of benzene rings is 2. The summed E-state index contributed by atoms with van der Waals surface area (Å²) < 4.78 is 21.5. The van der Waals surface area contributed by atoms with Crippen molar-refractivity contribution in [3.8, 4) is 22.6 Å². The lowest BCUT2D eigenvalue weighted by Gasteiger charge is -2.15. The van der Waals surface area contributed by atoms with Crippen LogP contribution in [0.4, 0.5) is 4.39 Å². The van der Waals surface area contributed by atoms with Gasteiger partial charge < -0.3 is 9.64 Å². The Hall–Kier alpha value is -3.42. The van der Waals surface area contributed by atoms with Crippen LogP contribution in [0, 0.1) is 11.7 Å². The molecule has 2 heterocycles. The maximum Gasteiger partial charge on any atom is 0.348 e. The van der Waals surface area contributed by atoms with Crippen molar-refractivity contribution in [2.75, 3.05) is 20.2 Å². The molecular weight excluding hydrogens is 399 g/mol. The third-order valence-electron chi connectivity index (χ3n) is 5.77. The van der Waals surface area contributed by atoms with E-state index in [0.717, 1.165) is 17.7 Å². The molecule has 1 aromatic heterocycles. The van der Waals surface area contributed by atoms with Crippen LogP contribution in [0.2, 0.25) is 0 Å². The Morgan fingerprint density at radius 1 is 1.23 bits per heavy atom. The van der Waals surface area contributed by atoms with Gasteiger partial charge in [0.05, 0.1) is 12.8 Å². The van der Waals surface area contributed by atoms with Crippen molar-refractivity contribution >= 4 is 5.91 Å². The van der Waals surface area contributed by atoms with Crippen LogP contribution in [-0.4, -0.2) is 45.8 Å². The zero-order valence-electron chi connectivity index (χ0n) is 17.6. The van der Waals surface area contributed by atoms with Crippen LogP contribution in [0.1, 0.15) is 25.6 Å². The number of nitrogens with one attached hydrogen (secondary N) is 1. The van der Waals surface area contributed by atoms with E-state index in [2.05, 4.69) is 10.2 Å². The Morgan fingerprint density at radius 2 is 1.97 bits per heavy atom. The van der Waals surface area contributed by atoms with E-state index < -0.39 is 11.5 Å². The number of hydrogen-bond acceptors (Lipinski definition) is 4. The highest BCUT2D eigenvalue weighted by Crippen LogP contribution is 2.26. The van der Waals surface area contributed by atoms with Crippen molar-refractivity contribution in [3.63, 3.8) is 0 Å². The molecule has 31 heavy (non-hydrogen) atoms. The first-order valence-corrected chi connectivity index (χ1v) is 10.4. The van der Waals surface area contributed by atoms with E-state index in [0.29, 0.717) is 37.3 Å². The molecular formula is C23H25FN4O3. The molecule has 1 aliphatic rings. The van der Waals surface area contributed by atoms with Crippen molar-refractivity contribution in [1.82, 2.24) is 19.7 Å². The molecule has 3 aromatic rings. The van der Waals surface area contributed by atoms with Gasteiger partial charge in [0.1, 0.15) is 17.4 Å². The molecule has 0 spiro atoms. The first-order chi connectivity index (χ1) is 15.0. The number of carbonyl (C=O) groups excluding carboxylic acids is 1. The average molecular weight is 424 g/mol. The van der Waals surface area contributed by atoms with Crippen LogP contribution in [0.3, 0.4) is 0 Å². The monoisotopic (exact) mass is 424 g/mol. The number of methoxy groups -OCH3 is 1. The summed E-state index contributed by atoms with van der Waals surface area (Å²) >= 11 is 0. The second-order valence-electron chi connectivity index (χ2n) is 7.73. The Morgan fingerprint density at radius 3 is 2.65 bits per heavy atom. The van der Waals surface area contributed by atoms with E-state index in [9.17, 15) is 9.59 Å². The van der Waals surface area contributed by atoms with Crippen LogP contribution in [0.5, 0.6) is 5.75 Å². The molecule has 1 fully saturated rings. The summed E-state index contributed by atoms with van der Waals surface area (Å²) in [6.45, 7) is 3.18. The minimum absolute atomic E-state index is 0.127. The third-order valence-corrected chi connectivity index (χ3v) is 5.77. The van der Waals surface area contributed by atoms with Crippen molar-refractivity contribution < 1.29 is 13.9 Å². The van der Waals surface area contributed by atoms with Gasteiger partial charge in [0.2, 0.25) is 5.91 Å². The second kappa shape index (κ2) is 8.75. The van der Waals surface area contributed by atoms with E-state index in [4.69, 9.17) is 4.74 Å². The number of amides is 1. The number of carbonyl (C=O) groups is 1. The first kappa shape index (κ1) is 20.8. The summed E-state index contributed by atoms with van der Waals surface area (Å²) in [5.41, 5.74) is 1.22. The molecule has 1 N–H and O–H groups in total. The molecule has 8 heteroatoms. The Labute approximate surface area is 179 Å². The van der Waals surface area contributed by atoms with Crippen LogP contribution in [0.25, 0.3) is 16.8 Å². The molecule has 0 aliphatic carbocycles. The third kappa shape index (κ3) is 4.23. The maximum atomic E-state index is 15.1. The molecule has 1 amide bonds. The molecule has 1 saturated heterocycles. The lowest BCUT2D eigenvalue weighted by Crippen LogP contribution is -2.28. The highest BCUT2D eigenvalue weighted by atomic mass is 19.1. The van der Waals surface area contributed by atoms with Gasteiger partial charge in [-0.3, -0.25) is 4.79 Å². The highest BCUT2D eigenvalue weighted by molar-refractivity contribution is 5.76. The number of halogens is 1. The second-order valence-corrected chi connectivity index (χ2v) is 7.73. The fourth-order valence-electron chi connectivity index (χ4n) is 4.07. The fourth-order valence-corrected chi connectivity index (χ4v) is 4.07. The predicted molar refractivity (Wildman–Crippen MR) is 115 cm³/mol. The van der Waals surface area contributed by atoms with E-state index in [1.807, 2.05) is 36.1 Å². The summed E-state index contributed by atoms with van der Waals surface area (Å²) in [4.78, 5) is 26.2. The topological polar surface area (TPSA) is 80.2 Å². The van der Waals surface area contributed by atoms with E-state index in [1.165, 1.54) is 10.6 Å². The maximum absolute atomic E-state index is 15.1. The molecule has 4 rings (SSSR count). The van der Waals surface area contributed by atoms with Gasteiger partial charge in [-0.15, -0.1) is 0 Å². The van der Waals surface area contributed by atoms with Gasteiger partial charge in [0.25, 0.3) is 0 Å². The molecule has 162 valence electrons. The molecule has 2 aromatic carbocycles. The summed E-state index contributed by atoms with van der Waals surface area (Å²) in [5.74, 6) is 0.999. The number of rotatable bonds is 6. The Bertz CT molecular complexity index is 1140. The van der Waals surface area contributed by atoms with E-state index in [1.54, 1.807) is 19.2 Å².